The molecular formula is C24H46O3. The molecule has 0 aromatic carbocycles. The van der Waals surface area contributed by atoms with Crippen LogP contribution in [0.2, 0.25) is 0 Å². The monoisotopic (exact) mass is 382 g/mol. The molecule has 4 unspecified atom stereocenters. The molecule has 1 aliphatic carbocycles. The van der Waals surface area contributed by atoms with Crippen LogP contribution in [0, 0.1) is 11.8 Å². The Morgan fingerprint density at radius 3 is 2.15 bits per heavy atom. The van der Waals surface area contributed by atoms with Crippen molar-refractivity contribution < 1.29 is 14.2 Å². The van der Waals surface area contributed by atoms with Gasteiger partial charge in [-0.05, 0) is 57.8 Å². The van der Waals surface area contributed by atoms with Crippen molar-refractivity contribution in [2.45, 2.75) is 129 Å². The van der Waals surface area contributed by atoms with E-state index in [9.17, 15) is 0 Å². The van der Waals surface area contributed by atoms with Gasteiger partial charge < -0.3 is 14.2 Å². The lowest BCUT2D eigenvalue weighted by Gasteiger charge is -2.39. The molecule has 0 aromatic rings. The molecular weight excluding hydrogens is 336 g/mol. The molecule has 1 aliphatic heterocycles. The highest BCUT2D eigenvalue weighted by Gasteiger charge is 2.45. The van der Waals surface area contributed by atoms with Crippen LogP contribution in [-0.4, -0.2) is 31.2 Å². The Labute approximate surface area is 168 Å². The van der Waals surface area contributed by atoms with Gasteiger partial charge in [0.25, 0.3) is 0 Å². The van der Waals surface area contributed by atoms with Crippen molar-refractivity contribution in [2.75, 3.05) is 13.2 Å². The van der Waals surface area contributed by atoms with Crippen LogP contribution < -0.4 is 0 Å². The number of fused-ring (bicyclic) bond motifs is 1. The smallest absolute Gasteiger partial charge is 0.168 e. The van der Waals surface area contributed by atoms with Gasteiger partial charge in [-0.25, -0.2) is 0 Å². The molecule has 1 heterocycles. The van der Waals surface area contributed by atoms with Crippen LogP contribution in [0.15, 0.2) is 0 Å². The molecule has 27 heavy (non-hydrogen) atoms. The van der Waals surface area contributed by atoms with Gasteiger partial charge in [0.1, 0.15) is 0 Å². The maximum Gasteiger partial charge on any atom is 0.168 e. The van der Waals surface area contributed by atoms with Gasteiger partial charge in [-0.15, -0.1) is 0 Å². The molecule has 1 saturated carbocycles. The van der Waals surface area contributed by atoms with Gasteiger partial charge in [0, 0.05) is 19.1 Å². The van der Waals surface area contributed by atoms with E-state index in [0.29, 0.717) is 18.1 Å². The van der Waals surface area contributed by atoms with Crippen LogP contribution >= 0.6 is 0 Å². The highest BCUT2D eigenvalue weighted by molar-refractivity contribution is 4.93. The largest absolute Gasteiger partial charge is 0.370 e. The SMILES string of the molecule is CCCCCCCCC(CC1CCC2OC2C1)C(C)(OCCC)OCCC. The summed E-state index contributed by atoms with van der Waals surface area (Å²) in [5.41, 5.74) is 0. The van der Waals surface area contributed by atoms with Gasteiger partial charge in [0.15, 0.2) is 5.79 Å². The lowest BCUT2D eigenvalue weighted by atomic mass is 9.78. The lowest BCUT2D eigenvalue weighted by molar-refractivity contribution is -0.260. The summed E-state index contributed by atoms with van der Waals surface area (Å²) in [6, 6.07) is 0. The molecule has 160 valence electrons. The molecule has 3 nitrogen and oxygen atoms in total. The molecule has 2 fully saturated rings. The second kappa shape index (κ2) is 12.4. The van der Waals surface area contributed by atoms with Crippen molar-refractivity contribution >= 4 is 0 Å². The van der Waals surface area contributed by atoms with E-state index < -0.39 is 5.79 Å². The van der Waals surface area contributed by atoms with Gasteiger partial charge in [-0.2, -0.15) is 0 Å². The minimum Gasteiger partial charge on any atom is -0.370 e. The molecule has 1 saturated heterocycles. The Bertz CT molecular complexity index is 376. The van der Waals surface area contributed by atoms with Crippen LogP contribution in [-0.2, 0) is 14.2 Å². The molecule has 0 amide bonds. The normalized spacial score (nSPS) is 26.0. The molecule has 0 aromatic heterocycles. The summed E-state index contributed by atoms with van der Waals surface area (Å²) in [4.78, 5) is 0. The summed E-state index contributed by atoms with van der Waals surface area (Å²) >= 11 is 0. The maximum atomic E-state index is 6.36. The summed E-state index contributed by atoms with van der Waals surface area (Å²) in [5.74, 6) is 0.868. The molecule has 4 atom stereocenters. The first-order chi connectivity index (χ1) is 13.1. The second-order valence-corrected chi connectivity index (χ2v) is 9.09. The summed E-state index contributed by atoms with van der Waals surface area (Å²) in [6.45, 7) is 10.5. The zero-order valence-corrected chi connectivity index (χ0v) is 18.6. The third kappa shape index (κ3) is 8.03. The predicted molar refractivity (Wildman–Crippen MR) is 113 cm³/mol. The van der Waals surface area contributed by atoms with Crippen LogP contribution in [0.25, 0.3) is 0 Å². The quantitative estimate of drug-likeness (QED) is 0.166. The Balaban J connectivity index is 1.91. The van der Waals surface area contributed by atoms with Crippen LogP contribution in [0.4, 0.5) is 0 Å². The average Bonchev–Trinajstić information content (AvgIpc) is 3.45. The highest BCUT2D eigenvalue weighted by atomic mass is 16.7. The molecule has 2 rings (SSSR count). The van der Waals surface area contributed by atoms with Gasteiger partial charge in [-0.1, -0.05) is 59.3 Å². The number of rotatable bonds is 16. The van der Waals surface area contributed by atoms with E-state index in [1.807, 2.05) is 0 Å². The van der Waals surface area contributed by atoms with E-state index in [4.69, 9.17) is 14.2 Å². The highest BCUT2D eigenvalue weighted by Crippen LogP contribution is 2.44. The summed E-state index contributed by atoms with van der Waals surface area (Å²) in [5, 5.41) is 0. The topological polar surface area (TPSA) is 31.0 Å². The second-order valence-electron chi connectivity index (χ2n) is 9.09. The van der Waals surface area contributed by atoms with Crippen molar-refractivity contribution in [2.24, 2.45) is 11.8 Å². The molecule has 0 radical (unpaired) electrons. The van der Waals surface area contributed by atoms with Crippen LogP contribution in [0.3, 0.4) is 0 Å². The summed E-state index contributed by atoms with van der Waals surface area (Å²) < 4.78 is 18.5. The van der Waals surface area contributed by atoms with Crippen LogP contribution in [0.1, 0.15) is 111 Å². The number of hydrogen-bond acceptors (Lipinski definition) is 3. The maximum absolute atomic E-state index is 6.36. The van der Waals surface area contributed by atoms with E-state index in [2.05, 4.69) is 27.7 Å². The van der Waals surface area contributed by atoms with E-state index in [1.165, 1.54) is 70.6 Å². The summed E-state index contributed by atoms with van der Waals surface area (Å²) in [7, 11) is 0. The Morgan fingerprint density at radius 1 is 0.852 bits per heavy atom. The van der Waals surface area contributed by atoms with E-state index in [0.717, 1.165) is 32.0 Å². The van der Waals surface area contributed by atoms with Gasteiger partial charge in [0.05, 0.1) is 12.2 Å². The third-order valence-corrected chi connectivity index (χ3v) is 6.56. The van der Waals surface area contributed by atoms with E-state index in [-0.39, 0.29) is 0 Å². The van der Waals surface area contributed by atoms with Gasteiger partial charge >= 0.3 is 0 Å². The number of epoxide rings is 1. The lowest BCUT2D eigenvalue weighted by Crippen LogP contribution is -2.42. The fourth-order valence-electron chi connectivity index (χ4n) is 4.76. The molecule has 0 N–H and O–H groups in total. The number of hydrogen-bond donors (Lipinski definition) is 0. The number of ether oxygens (including phenoxy) is 3. The standard InChI is InChI=1S/C24H46O3/c1-5-8-9-10-11-12-13-21(18-20-14-15-22-23(19-20)27-22)24(4,25-16-6-2)26-17-7-3/h20-23H,5-19H2,1-4H3. The zero-order chi connectivity index (χ0) is 19.5. The van der Waals surface area contributed by atoms with E-state index in [1.54, 1.807) is 0 Å². The minimum atomic E-state index is -0.420. The Morgan fingerprint density at radius 2 is 1.52 bits per heavy atom. The first-order valence-electron chi connectivity index (χ1n) is 12.1. The molecule has 3 heteroatoms. The van der Waals surface area contributed by atoms with Crippen LogP contribution in [0.5, 0.6) is 0 Å². The van der Waals surface area contributed by atoms with Gasteiger partial charge in [-0.3, -0.25) is 0 Å². The Kier molecular flexibility index (Phi) is 10.7. The van der Waals surface area contributed by atoms with E-state index >= 15 is 0 Å². The van der Waals surface area contributed by atoms with Crippen molar-refractivity contribution in [3.05, 3.63) is 0 Å². The first-order valence-corrected chi connectivity index (χ1v) is 12.1. The Hall–Kier alpha value is -0.120. The van der Waals surface area contributed by atoms with Gasteiger partial charge in [0.2, 0.25) is 0 Å². The van der Waals surface area contributed by atoms with Crippen molar-refractivity contribution in [3.8, 4) is 0 Å². The molecule has 0 bridgehead atoms. The third-order valence-electron chi connectivity index (χ3n) is 6.56. The number of unbranched alkanes of at least 4 members (excludes halogenated alkanes) is 5. The average molecular weight is 383 g/mol. The van der Waals surface area contributed by atoms with Crippen molar-refractivity contribution in [3.63, 3.8) is 0 Å². The first kappa shape index (κ1) is 23.2. The van der Waals surface area contributed by atoms with Crippen molar-refractivity contribution in [1.29, 1.82) is 0 Å². The van der Waals surface area contributed by atoms with Crippen molar-refractivity contribution in [1.82, 2.24) is 0 Å². The molecule has 0 spiro atoms. The zero-order valence-electron chi connectivity index (χ0n) is 18.6. The predicted octanol–water partition coefficient (Wildman–Crippen LogP) is 6.88. The molecule has 2 aliphatic rings. The minimum absolute atomic E-state index is 0.420. The fourth-order valence-corrected chi connectivity index (χ4v) is 4.76. The fraction of sp³-hybridized carbons (Fsp3) is 1.00. The summed E-state index contributed by atoms with van der Waals surface area (Å²) in [6.07, 6.45) is 17.7.